The zero-order valence-electron chi connectivity index (χ0n) is 13.1. The maximum absolute atomic E-state index is 10.3. The maximum atomic E-state index is 10.3. The first kappa shape index (κ1) is 16.0. The Hall–Kier alpha value is -1.88. The minimum Gasteiger partial charge on any atom is -0.508 e. The van der Waals surface area contributed by atoms with Crippen LogP contribution in [0.25, 0.3) is 0 Å². The summed E-state index contributed by atoms with van der Waals surface area (Å²) in [6.45, 7) is 1.06. The molecule has 1 saturated carbocycles. The van der Waals surface area contributed by atoms with E-state index < -0.39 is 6.10 Å². The molecule has 1 aliphatic carbocycles. The van der Waals surface area contributed by atoms with Crippen molar-refractivity contribution < 1.29 is 15.3 Å². The van der Waals surface area contributed by atoms with E-state index in [-0.39, 0.29) is 17.8 Å². The van der Waals surface area contributed by atoms with Gasteiger partial charge < -0.3 is 20.6 Å². The molecule has 2 aromatic carbocycles. The number of rotatable bonds is 7. The number of aliphatic hydroxyl groups excluding tert-OH is 2. The van der Waals surface area contributed by atoms with Crippen molar-refractivity contribution in [2.45, 2.75) is 31.0 Å². The number of aromatic hydroxyl groups is 1. The standard InChI is InChI=1S/C19H23NO3/c21-12-15-10-14(6-7-17(15)22)18(23)11-20-13-19(8-9-19)16-4-2-1-3-5-16/h1-7,10,18,20-23H,8-9,11-13H2. The molecular formula is C19H23NO3. The second-order valence-electron chi connectivity index (χ2n) is 6.34. The van der Waals surface area contributed by atoms with Gasteiger partial charge in [0, 0.05) is 24.1 Å². The summed E-state index contributed by atoms with van der Waals surface area (Å²) >= 11 is 0. The Labute approximate surface area is 136 Å². The molecular weight excluding hydrogens is 290 g/mol. The Balaban J connectivity index is 1.57. The number of aliphatic hydroxyl groups is 2. The largest absolute Gasteiger partial charge is 0.508 e. The summed E-state index contributed by atoms with van der Waals surface area (Å²) in [4.78, 5) is 0. The van der Waals surface area contributed by atoms with Gasteiger partial charge in [-0.15, -0.1) is 0 Å². The summed E-state index contributed by atoms with van der Waals surface area (Å²) < 4.78 is 0. The summed E-state index contributed by atoms with van der Waals surface area (Å²) in [5.41, 5.74) is 2.70. The van der Waals surface area contributed by atoms with Gasteiger partial charge in [-0.2, -0.15) is 0 Å². The summed E-state index contributed by atoms with van der Waals surface area (Å²) in [5, 5.41) is 32.4. The number of hydrogen-bond donors (Lipinski definition) is 4. The Morgan fingerprint density at radius 2 is 1.83 bits per heavy atom. The van der Waals surface area contributed by atoms with E-state index in [2.05, 4.69) is 29.6 Å². The van der Waals surface area contributed by atoms with Crippen LogP contribution in [0.3, 0.4) is 0 Å². The SMILES string of the molecule is OCc1cc(C(O)CNCC2(c3ccccc3)CC2)ccc1O. The molecule has 122 valence electrons. The minimum absolute atomic E-state index is 0.0532. The first-order valence-corrected chi connectivity index (χ1v) is 8.01. The molecule has 1 unspecified atom stereocenters. The molecule has 0 aromatic heterocycles. The monoisotopic (exact) mass is 313 g/mol. The second-order valence-corrected chi connectivity index (χ2v) is 6.34. The van der Waals surface area contributed by atoms with E-state index in [4.69, 9.17) is 0 Å². The van der Waals surface area contributed by atoms with E-state index in [1.165, 1.54) is 24.5 Å². The topological polar surface area (TPSA) is 72.7 Å². The van der Waals surface area contributed by atoms with Gasteiger partial charge in [-0.05, 0) is 36.1 Å². The van der Waals surface area contributed by atoms with Crippen molar-refractivity contribution in [3.05, 3.63) is 65.2 Å². The fourth-order valence-electron chi connectivity index (χ4n) is 3.02. The Morgan fingerprint density at radius 1 is 1.09 bits per heavy atom. The van der Waals surface area contributed by atoms with Gasteiger partial charge in [0.25, 0.3) is 0 Å². The Morgan fingerprint density at radius 3 is 2.48 bits per heavy atom. The van der Waals surface area contributed by atoms with Crippen molar-refractivity contribution in [3.63, 3.8) is 0 Å². The molecule has 0 radical (unpaired) electrons. The average Bonchev–Trinajstić information content (AvgIpc) is 3.37. The quantitative estimate of drug-likeness (QED) is 0.632. The van der Waals surface area contributed by atoms with Gasteiger partial charge in [-0.25, -0.2) is 0 Å². The third-order valence-electron chi connectivity index (χ3n) is 4.70. The first-order chi connectivity index (χ1) is 11.1. The molecule has 23 heavy (non-hydrogen) atoms. The minimum atomic E-state index is -0.660. The van der Waals surface area contributed by atoms with Crippen molar-refractivity contribution in [3.8, 4) is 5.75 Å². The number of benzene rings is 2. The van der Waals surface area contributed by atoms with Gasteiger partial charge in [-0.1, -0.05) is 36.4 Å². The number of phenols is 1. The van der Waals surface area contributed by atoms with Gasteiger partial charge in [0.2, 0.25) is 0 Å². The molecule has 2 aromatic rings. The third kappa shape index (κ3) is 3.55. The predicted octanol–water partition coefficient (Wildman–Crippen LogP) is 2.24. The van der Waals surface area contributed by atoms with Crippen molar-refractivity contribution in [1.29, 1.82) is 0 Å². The molecule has 4 heteroatoms. The lowest BCUT2D eigenvalue weighted by molar-refractivity contribution is 0.173. The molecule has 0 spiro atoms. The molecule has 1 fully saturated rings. The summed E-state index contributed by atoms with van der Waals surface area (Å²) in [7, 11) is 0. The highest BCUT2D eigenvalue weighted by atomic mass is 16.3. The molecule has 0 heterocycles. The molecule has 4 nitrogen and oxygen atoms in total. The van der Waals surface area contributed by atoms with Crippen LogP contribution in [0.1, 0.15) is 35.6 Å². The van der Waals surface area contributed by atoms with Crippen LogP contribution in [0.4, 0.5) is 0 Å². The average molecular weight is 313 g/mol. The van der Waals surface area contributed by atoms with E-state index in [0.29, 0.717) is 17.7 Å². The highest BCUT2D eigenvalue weighted by Crippen LogP contribution is 2.47. The van der Waals surface area contributed by atoms with Gasteiger partial charge in [0.15, 0.2) is 0 Å². The van der Waals surface area contributed by atoms with Gasteiger partial charge >= 0.3 is 0 Å². The molecule has 1 aliphatic rings. The van der Waals surface area contributed by atoms with E-state index >= 15 is 0 Å². The normalized spacial score (nSPS) is 17.0. The fourth-order valence-corrected chi connectivity index (χ4v) is 3.02. The van der Waals surface area contributed by atoms with Gasteiger partial charge in [-0.3, -0.25) is 0 Å². The summed E-state index contributed by atoms with van der Waals surface area (Å²) in [6.07, 6.45) is 1.69. The Bertz CT molecular complexity index is 653. The Kier molecular flexibility index (Phi) is 4.66. The third-order valence-corrected chi connectivity index (χ3v) is 4.70. The zero-order valence-corrected chi connectivity index (χ0v) is 13.1. The maximum Gasteiger partial charge on any atom is 0.121 e. The van der Waals surface area contributed by atoms with Crippen LogP contribution < -0.4 is 5.32 Å². The fraction of sp³-hybridized carbons (Fsp3) is 0.368. The van der Waals surface area contributed by atoms with Crippen LogP contribution in [-0.4, -0.2) is 28.4 Å². The van der Waals surface area contributed by atoms with Gasteiger partial charge in [0.1, 0.15) is 5.75 Å². The lowest BCUT2D eigenvalue weighted by atomic mass is 9.96. The zero-order chi connectivity index (χ0) is 16.3. The van der Waals surface area contributed by atoms with Crippen LogP contribution in [0.15, 0.2) is 48.5 Å². The highest BCUT2D eigenvalue weighted by Gasteiger charge is 2.43. The molecule has 0 bridgehead atoms. The second kappa shape index (κ2) is 6.71. The molecule has 4 N–H and O–H groups in total. The summed E-state index contributed by atoms with van der Waals surface area (Å²) in [5.74, 6) is 0.0532. The lowest BCUT2D eigenvalue weighted by Gasteiger charge is -2.19. The van der Waals surface area contributed by atoms with E-state index in [0.717, 1.165) is 6.54 Å². The van der Waals surface area contributed by atoms with Crippen LogP contribution in [0.2, 0.25) is 0 Å². The van der Waals surface area contributed by atoms with Gasteiger partial charge in [0.05, 0.1) is 12.7 Å². The molecule has 0 saturated heterocycles. The van der Waals surface area contributed by atoms with Crippen molar-refractivity contribution in [2.24, 2.45) is 0 Å². The first-order valence-electron chi connectivity index (χ1n) is 8.01. The lowest BCUT2D eigenvalue weighted by Crippen LogP contribution is -2.30. The van der Waals surface area contributed by atoms with Crippen molar-refractivity contribution in [2.75, 3.05) is 13.1 Å². The number of hydrogen-bond acceptors (Lipinski definition) is 4. The van der Waals surface area contributed by atoms with Crippen LogP contribution in [0.5, 0.6) is 5.75 Å². The molecule has 3 rings (SSSR count). The highest BCUT2D eigenvalue weighted by molar-refractivity contribution is 5.36. The van der Waals surface area contributed by atoms with Crippen molar-refractivity contribution >= 4 is 0 Å². The summed E-state index contributed by atoms with van der Waals surface area (Å²) in [6, 6.07) is 15.3. The van der Waals surface area contributed by atoms with Crippen LogP contribution >= 0.6 is 0 Å². The van der Waals surface area contributed by atoms with Crippen LogP contribution in [0, 0.1) is 0 Å². The predicted molar refractivity (Wildman–Crippen MR) is 89.2 cm³/mol. The van der Waals surface area contributed by atoms with E-state index in [1.807, 2.05) is 6.07 Å². The molecule has 1 atom stereocenters. The molecule has 0 aliphatic heterocycles. The van der Waals surface area contributed by atoms with Crippen molar-refractivity contribution in [1.82, 2.24) is 5.32 Å². The van der Waals surface area contributed by atoms with E-state index in [9.17, 15) is 15.3 Å². The number of nitrogens with one attached hydrogen (secondary N) is 1. The smallest absolute Gasteiger partial charge is 0.121 e. The van der Waals surface area contributed by atoms with E-state index in [1.54, 1.807) is 12.1 Å². The molecule has 0 amide bonds. The van der Waals surface area contributed by atoms with Crippen LogP contribution in [-0.2, 0) is 12.0 Å².